The molecular formula is C12H12F5NO3. The van der Waals surface area contributed by atoms with Gasteiger partial charge in [0.05, 0.1) is 25.8 Å². The molecule has 9 heteroatoms. The first kappa shape index (κ1) is 17.1. The van der Waals surface area contributed by atoms with Gasteiger partial charge in [-0.3, -0.25) is 4.79 Å². The van der Waals surface area contributed by atoms with Crippen LogP contribution in [0, 0.1) is 0 Å². The third-order valence-corrected chi connectivity index (χ3v) is 2.44. The molecule has 0 saturated carbocycles. The van der Waals surface area contributed by atoms with Gasteiger partial charge in [-0.05, 0) is 13.0 Å². The Labute approximate surface area is 116 Å². The summed E-state index contributed by atoms with van der Waals surface area (Å²) in [5.74, 6) is -1.77. The number of aromatic nitrogens is 1. The highest BCUT2D eigenvalue weighted by Crippen LogP contribution is 2.37. The van der Waals surface area contributed by atoms with E-state index in [1.165, 1.54) is 6.92 Å². The zero-order valence-corrected chi connectivity index (χ0v) is 11.1. The fourth-order valence-corrected chi connectivity index (χ4v) is 1.59. The fourth-order valence-electron chi connectivity index (χ4n) is 1.59. The van der Waals surface area contributed by atoms with Gasteiger partial charge in [-0.15, -0.1) is 0 Å². The summed E-state index contributed by atoms with van der Waals surface area (Å²) in [6.07, 6.45) is -8.77. The number of halogens is 5. The van der Waals surface area contributed by atoms with Crippen molar-refractivity contribution < 1.29 is 36.2 Å². The van der Waals surface area contributed by atoms with Crippen LogP contribution in [0.2, 0.25) is 0 Å². The Hall–Kier alpha value is -1.93. The third-order valence-electron chi connectivity index (χ3n) is 2.44. The Bertz CT molecular complexity index is 516. The van der Waals surface area contributed by atoms with E-state index >= 15 is 0 Å². The Kier molecular flexibility index (Phi) is 5.45. The second-order valence-corrected chi connectivity index (χ2v) is 3.86. The standard InChI is InChI=1S/C12H12F5NO3/c1-3-21-9(19)5-7-6(11(13)14)4-8(20-2)10(18-7)12(15,16)17/h4,11H,3,5H2,1-2H3. The van der Waals surface area contributed by atoms with Crippen LogP contribution in [-0.4, -0.2) is 24.7 Å². The average Bonchev–Trinajstić information content (AvgIpc) is 2.37. The number of nitrogens with zero attached hydrogens (tertiary/aromatic N) is 1. The quantitative estimate of drug-likeness (QED) is 0.619. The molecule has 0 aliphatic carbocycles. The van der Waals surface area contributed by atoms with Crippen molar-refractivity contribution in [1.29, 1.82) is 0 Å². The lowest BCUT2D eigenvalue weighted by atomic mass is 10.1. The van der Waals surface area contributed by atoms with Gasteiger partial charge in [0.25, 0.3) is 6.43 Å². The molecule has 0 amide bonds. The van der Waals surface area contributed by atoms with Crippen molar-refractivity contribution >= 4 is 5.97 Å². The van der Waals surface area contributed by atoms with Crippen LogP contribution in [0.3, 0.4) is 0 Å². The number of rotatable bonds is 5. The zero-order valence-electron chi connectivity index (χ0n) is 11.1. The smallest absolute Gasteiger partial charge is 0.437 e. The van der Waals surface area contributed by atoms with Gasteiger partial charge in [0, 0.05) is 5.56 Å². The molecule has 1 aromatic rings. The van der Waals surface area contributed by atoms with Gasteiger partial charge in [0.1, 0.15) is 5.75 Å². The Morgan fingerprint density at radius 2 is 2.00 bits per heavy atom. The maximum Gasteiger partial charge on any atom is 0.437 e. The molecule has 0 fully saturated rings. The normalized spacial score (nSPS) is 11.6. The summed E-state index contributed by atoms with van der Waals surface area (Å²) in [6, 6.07) is 0.537. The molecule has 0 aliphatic rings. The van der Waals surface area contributed by atoms with Crippen molar-refractivity contribution in [3.63, 3.8) is 0 Å². The van der Waals surface area contributed by atoms with E-state index in [4.69, 9.17) is 0 Å². The number of carbonyl (C=O) groups is 1. The Morgan fingerprint density at radius 1 is 1.38 bits per heavy atom. The molecule has 0 radical (unpaired) electrons. The minimum absolute atomic E-state index is 0.0227. The number of hydrogen-bond acceptors (Lipinski definition) is 4. The second-order valence-electron chi connectivity index (χ2n) is 3.86. The Morgan fingerprint density at radius 3 is 2.43 bits per heavy atom. The monoisotopic (exact) mass is 313 g/mol. The number of alkyl halides is 5. The molecule has 0 atom stereocenters. The number of carbonyl (C=O) groups excluding carboxylic acids is 1. The number of methoxy groups -OCH3 is 1. The lowest BCUT2D eigenvalue weighted by Gasteiger charge is -2.15. The van der Waals surface area contributed by atoms with Gasteiger partial charge in [-0.1, -0.05) is 0 Å². The first-order chi connectivity index (χ1) is 9.70. The van der Waals surface area contributed by atoms with Crippen LogP contribution in [0.25, 0.3) is 0 Å². The minimum Gasteiger partial charge on any atom is -0.494 e. The van der Waals surface area contributed by atoms with Crippen molar-refractivity contribution in [3.05, 3.63) is 23.0 Å². The first-order valence-electron chi connectivity index (χ1n) is 5.79. The number of ether oxygens (including phenoxy) is 2. The Balaban J connectivity index is 3.35. The predicted molar refractivity (Wildman–Crippen MR) is 61.1 cm³/mol. The molecule has 0 saturated heterocycles. The van der Waals surface area contributed by atoms with Gasteiger partial charge < -0.3 is 9.47 Å². The highest BCUT2D eigenvalue weighted by Gasteiger charge is 2.38. The lowest BCUT2D eigenvalue weighted by Crippen LogP contribution is -2.17. The van der Waals surface area contributed by atoms with E-state index in [1.807, 2.05) is 0 Å². The van der Waals surface area contributed by atoms with E-state index < -0.39 is 47.7 Å². The maximum atomic E-state index is 12.9. The summed E-state index contributed by atoms with van der Waals surface area (Å²) >= 11 is 0. The zero-order chi connectivity index (χ0) is 16.2. The second kappa shape index (κ2) is 6.68. The van der Waals surface area contributed by atoms with Gasteiger partial charge in [0.2, 0.25) is 0 Å². The summed E-state index contributed by atoms with van der Waals surface area (Å²) in [5.41, 5.74) is -2.95. The van der Waals surface area contributed by atoms with Crippen molar-refractivity contribution in [3.8, 4) is 5.75 Å². The third kappa shape index (κ3) is 4.27. The van der Waals surface area contributed by atoms with E-state index in [1.54, 1.807) is 0 Å². The molecule has 0 aromatic carbocycles. The number of esters is 1. The number of hydrogen-bond donors (Lipinski definition) is 0. The van der Waals surface area contributed by atoms with Crippen molar-refractivity contribution in [2.45, 2.75) is 25.9 Å². The van der Waals surface area contributed by atoms with Gasteiger partial charge in [-0.25, -0.2) is 13.8 Å². The fraction of sp³-hybridized carbons (Fsp3) is 0.500. The van der Waals surface area contributed by atoms with Crippen molar-refractivity contribution in [1.82, 2.24) is 4.98 Å². The van der Waals surface area contributed by atoms with Crippen molar-refractivity contribution in [2.75, 3.05) is 13.7 Å². The first-order valence-corrected chi connectivity index (χ1v) is 5.79. The molecule has 21 heavy (non-hydrogen) atoms. The van der Waals surface area contributed by atoms with Crippen LogP contribution in [0.5, 0.6) is 5.75 Å². The topological polar surface area (TPSA) is 48.4 Å². The van der Waals surface area contributed by atoms with Gasteiger partial charge in [0.15, 0.2) is 5.69 Å². The SMILES string of the molecule is CCOC(=O)Cc1nc(C(F)(F)F)c(OC)cc1C(F)F. The van der Waals surface area contributed by atoms with Crippen LogP contribution in [0.1, 0.15) is 30.3 Å². The van der Waals surface area contributed by atoms with E-state index in [9.17, 15) is 26.7 Å². The molecule has 0 unspecified atom stereocenters. The number of pyridine rings is 1. The highest BCUT2D eigenvalue weighted by molar-refractivity contribution is 5.72. The van der Waals surface area contributed by atoms with Crippen LogP contribution in [-0.2, 0) is 22.1 Å². The molecule has 0 spiro atoms. The molecule has 0 N–H and O–H groups in total. The van der Waals surface area contributed by atoms with Crippen LogP contribution < -0.4 is 4.74 Å². The molecular weight excluding hydrogens is 301 g/mol. The van der Waals surface area contributed by atoms with Gasteiger partial charge >= 0.3 is 12.1 Å². The van der Waals surface area contributed by atoms with Crippen LogP contribution in [0.4, 0.5) is 22.0 Å². The van der Waals surface area contributed by atoms with E-state index in [0.717, 1.165) is 7.11 Å². The molecule has 0 bridgehead atoms. The largest absolute Gasteiger partial charge is 0.494 e. The summed E-state index contributed by atoms with van der Waals surface area (Å²) in [5, 5.41) is 0. The summed E-state index contributed by atoms with van der Waals surface area (Å²) in [6.45, 7) is 1.46. The molecule has 4 nitrogen and oxygen atoms in total. The van der Waals surface area contributed by atoms with E-state index in [0.29, 0.717) is 6.07 Å². The van der Waals surface area contributed by atoms with E-state index in [2.05, 4.69) is 14.5 Å². The average molecular weight is 313 g/mol. The molecule has 1 heterocycles. The summed E-state index contributed by atoms with van der Waals surface area (Å²) in [7, 11) is 0.909. The molecule has 1 aromatic heterocycles. The summed E-state index contributed by atoms with van der Waals surface area (Å²) < 4.78 is 73.1. The molecule has 1 rings (SSSR count). The van der Waals surface area contributed by atoms with Gasteiger partial charge in [-0.2, -0.15) is 13.2 Å². The lowest BCUT2D eigenvalue weighted by molar-refractivity contribution is -0.144. The van der Waals surface area contributed by atoms with E-state index in [-0.39, 0.29) is 6.61 Å². The predicted octanol–water partition coefficient (Wildman–Crippen LogP) is 3.15. The molecule has 118 valence electrons. The maximum absolute atomic E-state index is 12.9. The van der Waals surface area contributed by atoms with Crippen LogP contribution >= 0.6 is 0 Å². The minimum atomic E-state index is -4.89. The van der Waals surface area contributed by atoms with Crippen LogP contribution in [0.15, 0.2) is 6.07 Å². The highest BCUT2D eigenvalue weighted by atomic mass is 19.4. The molecule has 0 aliphatic heterocycles. The van der Waals surface area contributed by atoms with Crippen molar-refractivity contribution in [2.24, 2.45) is 0 Å². The summed E-state index contributed by atoms with van der Waals surface area (Å²) in [4.78, 5) is 14.4.